The van der Waals surface area contributed by atoms with Crippen LogP contribution in [0.15, 0.2) is 17.2 Å². The lowest BCUT2D eigenvalue weighted by Crippen LogP contribution is -2.55. The maximum absolute atomic E-state index is 12.0. The van der Waals surface area contributed by atoms with E-state index in [0.717, 1.165) is 48.4 Å². The second-order valence-corrected chi connectivity index (χ2v) is 7.54. The van der Waals surface area contributed by atoms with Gasteiger partial charge >= 0.3 is 0 Å². The van der Waals surface area contributed by atoms with Gasteiger partial charge < -0.3 is 19.5 Å². The molecule has 8 nitrogen and oxygen atoms in total. The van der Waals surface area contributed by atoms with E-state index in [0.29, 0.717) is 18.6 Å². The van der Waals surface area contributed by atoms with Crippen LogP contribution < -0.4 is 19.8 Å². The molecular weight excluding hydrogens is 362 g/mol. The van der Waals surface area contributed by atoms with E-state index in [4.69, 9.17) is 19.4 Å². The van der Waals surface area contributed by atoms with Gasteiger partial charge in [0.05, 0.1) is 11.8 Å². The largest absolute Gasteiger partial charge is 0.490 e. The Bertz CT molecular complexity index is 797. The number of hydrogen-bond donors (Lipinski definition) is 2. The number of nitrogens with one attached hydrogen (secondary N) is 1. The number of benzene rings is 1. The van der Waals surface area contributed by atoms with Crippen LogP contribution in [0.25, 0.3) is 0 Å². The number of ether oxygens (including phenoxy) is 2. The van der Waals surface area contributed by atoms with Crippen molar-refractivity contribution in [1.82, 2.24) is 5.43 Å². The molecule has 1 amide bonds. The van der Waals surface area contributed by atoms with Crippen molar-refractivity contribution in [3.8, 4) is 11.5 Å². The van der Waals surface area contributed by atoms with Gasteiger partial charge in [-0.05, 0) is 38.2 Å². The van der Waals surface area contributed by atoms with Crippen molar-refractivity contribution in [2.45, 2.75) is 65.0 Å². The van der Waals surface area contributed by atoms with E-state index in [2.05, 4.69) is 30.4 Å². The van der Waals surface area contributed by atoms with Gasteiger partial charge in [-0.15, -0.1) is 0 Å². The van der Waals surface area contributed by atoms with Crippen LogP contribution in [-0.4, -0.2) is 41.6 Å². The van der Waals surface area contributed by atoms with Gasteiger partial charge in [-0.25, -0.2) is 5.43 Å². The lowest BCUT2D eigenvalue weighted by Gasteiger charge is -2.39. The maximum Gasteiger partial charge on any atom is 0.300 e. The van der Waals surface area contributed by atoms with Crippen molar-refractivity contribution in [1.29, 1.82) is 0 Å². The molecule has 1 saturated carbocycles. The summed E-state index contributed by atoms with van der Waals surface area (Å²) in [4.78, 5) is 23.0. The molecule has 4 rings (SSSR count). The van der Waals surface area contributed by atoms with Crippen LogP contribution in [0.3, 0.4) is 0 Å². The smallest absolute Gasteiger partial charge is 0.300 e. The van der Waals surface area contributed by atoms with Gasteiger partial charge in [0.25, 0.3) is 11.9 Å². The van der Waals surface area contributed by atoms with Crippen molar-refractivity contribution in [3.05, 3.63) is 17.7 Å². The molecule has 1 fully saturated rings. The third-order valence-corrected chi connectivity index (χ3v) is 5.02. The quantitative estimate of drug-likeness (QED) is 0.824. The third kappa shape index (κ3) is 4.05. The molecule has 1 atom stereocenters. The molecule has 0 radical (unpaired) electrons. The second kappa shape index (κ2) is 8.08. The monoisotopic (exact) mass is 389 g/mol. The molecule has 1 aromatic carbocycles. The highest BCUT2D eigenvalue weighted by atomic mass is 16.5. The molecule has 2 heterocycles. The molecule has 0 saturated heterocycles. The van der Waals surface area contributed by atoms with Gasteiger partial charge in [-0.2, -0.15) is 5.10 Å². The number of anilines is 1. The van der Waals surface area contributed by atoms with Crippen molar-refractivity contribution in [2.75, 3.05) is 11.5 Å². The van der Waals surface area contributed by atoms with Crippen LogP contribution >= 0.6 is 0 Å². The first-order valence-electron chi connectivity index (χ1n) is 9.60. The minimum absolute atomic E-state index is 0.110. The first-order chi connectivity index (χ1) is 13.3. The summed E-state index contributed by atoms with van der Waals surface area (Å²) < 4.78 is 12.1. The van der Waals surface area contributed by atoms with Crippen molar-refractivity contribution in [3.63, 3.8) is 0 Å². The fourth-order valence-electron chi connectivity index (χ4n) is 3.29. The topological polar surface area (TPSA) is 100 Å². The molecule has 3 aliphatic rings. The van der Waals surface area contributed by atoms with Gasteiger partial charge in [-0.3, -0.25) is 9.59 Å². The molecule has 2 aliphatic heterocycles. The number of fused-ring (bicyclic) bond motifs is 3. The molecule has 0 bridgehead atoms. The predicted molar refractivity (Wildman–Crippen MR) is 105 cm³/mol. The van der Waals surface area contributed by atoms with Crippen LogP contribution in [0.2, 0.25) is 0 Å². The zero-order chi connectivity index (χ0) is 20.4. The maximum atomic E-state index is 12.0. The van der Waals surface area contributed by atoms with E-state index >= 15 is 0 Å². The fraction of sp³-hybridized carbons (Fsp3) is 0.550. The normalized spacial score (nSPS) is 20.5. The molecule has 1 aliphatic carbocycles. The Morgan fingerprint density at radius 2 is 2.07 bits per heavy atom. The van der Waals surface area contributed by atoms with Crippen molar-refractivity contribution in [2.24, 2.45) is 5.10 Å². The van der Waals surface area contributed by atoms with Crippen LogP contribution in [0, 0.1) is 0 Å². The zero-order valence-electron chi connectivity index (χ0n) is 16.7. The minimum atomic E-state index is -0.833. The summed E-state index contributed by atoms with van der Waals surface area (Å²) in [5.41, 5.74) is 4.56. The summed E-state index contributed by atoms with van der Waals surface area (Å²) in [6.07, 6.45) is 3.76. The van der Waals surface area contributed by atoms with E-state index < -0.39 is 5.97 Å². The number of carbonyl (C=O) groups excluding carboxylic acids is 1. The molecule has 152 valence electrons. The number of nitrogens with zero attached hydrogens (tertiary/aromatic N) is 2. The van der Waals surface area contributed by atoms with Gasteiger partial charge in [0.2, 0.25) is 0 Å². The molecule has 8 heteroatoms. The molecule has 1 unspecified atom stereocenters. The van der Waals surface area contributed by atoms with E-state index in [-0.39, 0.29) is 11.9 Å². The highest BCUT2D eigenvalue weighted by Gasteiger charge is 2.36. The zero-order valence-corrected chi connectivity index (χ0v) is 16.7. The fourth-order valence-corrected chi connectivity index (χ4v) is 3.29. The number of amides is 1. The summed E-state index contributed by atoms with van der Waals surface area (Å²) >= 11 is 0. The highest BCUT2D eigenvalue weighted by Crippen LogP contribution is 2.43. The average Bonchev–Trinajstić information content (AvgIpc) is 2.59. The first-order valence-corrected chi connectivity index (χ1v) is 9.60. The number of aliphatic carboxylic acids is 1. The van der Waals surface area contributed by atoms with Crippen LogP contribution in [0.4, 0.5) is 5.69 Å². The van der Waals surface area contributed by atoms with Gasteiger partial charge in [0.15, 0.2) is 5.84 Å². The predicted octanol–water partition coefficient (Wildman–Crippen LogP) is 2.86. The number of carboxylic acids is 1. The number of hydrogen-bond acceptors (Lipinski definition) is 6. The summed E-state index contributed by atoms with van der Waals surface area (Å²) in [6.45, 7) is 7.63. The Labute approximate surface area is 164 Å². The molecule has 0 spiro atoms. The number of hydrazone groups is 1. The third-order valence-electron chi connectivity index (χ3n) is 5.02. The summed E-state index contributed by atoms with van der Waals surface area (Å²) in [7, 11) is 0. The Kier molecular flexibility index (Phi) is 5.76. The Morgan fingerprint density at radius 3 is 2.64 bits per heavy atom. The van der Waals surface area contributed by atoms with Gasteiger partial charge in [0.1, 0.15) is 24.1 Å². The number of carboxylic acid groups (broad SMARTS) is 1. The van der Waals surface area contributed by atoms with Crippen molar-refractivity contribution < 1.29 is 24.2 Å². The molecule has 0 aromatic heterocycles. The highest BCUT2D eigenvalue weighted by molar-refractivity contribution is 6.09. The van der Waals surface area contributed by atoms with E-state index in [1.165, 1.54) is 6.42 Å². The van der Waals surface area contributed by atoms with Gasteiger partial charge in [0, 0.05) is 18.6 Å². The first kappa shape index (κ1) is 20.0. The summed E-state index contributed by atoms with van der Waals surface area (Å²) in [6, 6.07) is 3.76. The number of carbonyl (C=O) groups is 2. The van der Waals surface area contributed by atoms with Crippen molar-refractivity contribution >= 4 is 23.4 Å². The molecule has 2 N–H and O–H groups in total. The van der Waals surface area contributed by atoms with Crippen LogP contribution in [-0.2, 0) is 9.59 Å². The lowest BCUT2D eigenvalue weighted by molar-refractivity contribution is -0.134. The van der Waals surface area contributed by atoms with Crippen LogP contribution in [0.1, 0.15) is 58.4 Å². The molecular formula is C20H27N3O5. The summed E-state index contributed by atoms with van der Waals surface area (Å²) in [5.74, 6) is 1.81. The van der Waals surface area contributed by atoms with Crippen LogP contribution in [0.5, 0.6) is 11.5 Å². The lowest BCUT2D eigenvalue weighted by atomic mass is 9.95. The number of rotatable bonds is 3. The van der Waals surface area contributed by atoms with E-state index in [1.807, 2.05) is 17.9 Å². The Morgan fingerprint density at radius 1 is 1.39 bits per heavy atom. The van der Waals surface area contributed by atoms with E-state index in [1.54, 1.807) is 0 Å². The minimum Gasteiger partial charge on any atom is -0.490 e. The van der Waals surface area contributed by atoms with Gasteiger partial charge in [-0.1, -0.05) is 13.8 Å². The van der Waals surface area contributed by atoms with E-state index in [9.17, 15) is 4.79 Å². The average molecular weight is 389 g/mol. The second-order valence-electron chi connectivity index (χ2n) is 7.54. The Balaban J connectivity index is 0.000000516. The Hall–Kier alpha value is -2.77. The SMILES string of the molecule is CC(=O)O.CC(C)c1cc2c(cc1OC1CCC1)N1C(=NNC(=O)C1C)CO2. The molecule has 1 aromatic rings. The molecule has 28 heavy (non-hydrogen) atoms. The number of amidine groups is 1. The summed E-state index contributed by atoms with van der Waals surface area (Å²) in [5, 5.41) is 11.6. The standard InChI is InChI=1S/C18H23N3O3.C2H4O2/c1-10(2)13-7-16-14(8-15(13)24-12-5-4-6-12)21-11(3)18(22)20-19-17(21)9-23-16;1-2(3)4/h7-8,10-12H,4-6,9H2,1-3H3,(H,20,22);1H3,(H,3,4).